The van der Waals surface area contributed by atoms with Gasteiger partial charge in [0, 0.05) is 29.8 Å². The van der Waals surface area contributed by atoms with Gasteiger partial charge in [0.25, 0.3) is 0 Å². The number of hydrogen-bond acceptors (Lipinski definition) is 3. The summed E-state index contributed by atoms with van der Waals surface area (Å²) in [7, 11) is 0. The standard InChI is InChI=1S/C21H19ClF2N2O.C2H6/c1-3-20(15-9-14-7-8-27-21(14)10-17(15)22)26-11-13(2)25-12-16-18(23)5-4-6-19(16)24;1-2/h3-6,9-11,25H,2,7-8,12H2,1H3;1-2H3/b20-3-,26-11?;. The number of nitrogens with one attached hydrogen (secondary N) is 1. The van der Waals surface area contributed by atoms with Gasteiger partial charge in [-0.1, -0.05) is 44.2 Å². The van der Waals surface area contributed by atoms with E-state index in [-0.39, 0.29) is 12.1 Å². The maximum Gasteiger partial charge on any atom is 0.131 e. The van der Waals surface area contributed by atoms with E-state index < -0.39 is 11.6 Å². The summed E-state index contributed by atoms with van der Waals surface area (Å²) in [6.07, 6.45) is 4.18. The van der Waals surface area contributed by atoms with Crippen molar-refractivity contribution in [3.05, 3.63) is 82.0 Å². The van der Waals surface area contributed by atoms with Crippen LogP contribution in [-0.4, -0.2) is 12.8 Å². The highest BCUT2D eigenvalue weighted by Crippen LogP contribution is 2.35. The van der Waals surface area contributed by atoms with Crippen molar-refractivity contribution in [2.24, 2.45) is 4.99 Å². The molecule has 6 heteroatoms. The summed E-state index contributed by atoms with van der Waals surface area (Å²) in [5.74, 6) is -0.400. The van der Waals surface area contributed by atoms with Gasteiger partial charge in [0.1, 0.15) is 17.4 Å². The summed E-state index contributed by atoms with van der Waals surface area (Å²) in [5, 5.41) is 3.41. The van der Waals surface area contributed by atoms with E-state index in [0.29, 0.717) is 23.0 Å². The first-order chi connectivity index (χ1) is 14.0. The highest BCUT2D eigenvalue weighted by atomic mass is 35.5. The van der Waals surface area contributed by atoms with Crippen LogP contribution in [0.4, 0.5) is 8.78 Å². The second kappa shape index (κ2) is 10.8. The average molecular weight is 419 g/mol. The van der Waals surface area contributed by atoms with Crippen molar-refractivity contribution in [1.82, 2.24) is 5.32 Å². The molecule has 0 spiro atoms. The highest BCUT2D eigenvalue weighted by molar-refractivity contribution is 6.32. The van der Waals surface area contributed by atoms with Crippen LogP contribution in [-0.2, 0) is 13.0 Å². The molecular formula is C23H25ClF2N2O. The molecule has 1 heterocycles. The fourth-order valence-electron chi connectivity index (χ4n) is 2.79. The van der Waals surface area contributed by atoms with Gasteiger partial charge in [-0.05, 0) is 36.8 Å². The summed E-state index contributed by atoms with van der Waals surface area (Å²) < 4.78 is 32.8. The van der Waals surface area contributed by atoms with Gasteiger partial charge < -0.3 is 10.1 Å². The Kier molecular flexibility index (Phi) is 8.40. The van der Waals surface area contributed by atoms with Gasteiger partial charge in [-0.2, -0.15) is 0 Å². The van der Waals surface area contributed by atoms with E-state index in [2.05, 4.69) is 16.9 Å². The first-order valence-corrected chi connectivity index (χ1v) is 9.89. The summed E-state index contributed by atoms with van der Waals surface area (Å²) in [6, 6.07) is 7.53. The molecule has 0 saturated heterocycles. The molecule has 1 N–H and O–H groups in total. The van der Waals surface area contributed by atoms with Crippen LogP contribution in [0.15, 0.2) is 53.7 Å². The van der Waals surface area contributed by atoms with Crippen LogP contribution >= 0.6 is 11.6 Å². The zero-order valence-electron chi connectivity index (χ0n) is 16.9. The molecule has 0 amide bonds. The van der Waals surface area contributed by atoms with Crippen molar-refractivity contribution >= 4 is 23.5 Å². The lowest BCUT2D eigenvalue weighted by Gasteiger charge is -2.09. The van der Waals surface area contributed by atoms with Crippen LogP contribution in [0.25, 0.3) is 5.70 Å². The minimum atomic E-state index is -0.603. The second-order valence-electron chi connectivity index (χ2n) is 6.05. The molecule has 0 aliphatic carbocycles. The third-order valence-electron chi connectivity index (χ3n) is 4.24. The fourth-order valence-corrected chi connectivity index (χ4v) is 3.04. The lowest BCUT2D eigenvalue weighted by atomic mass is 10.1. The Labute approximate surface area is 175 Å². The van der Waals surface area contributed by atoms with E-state index in [1.165, 1.54) is 24.4 Å². The molecule has 3 rings (SSSR count). The fraction of sp³-hybridized carbons (Fsp3) is 0.261. The number of aliphatic imine (C=N–C) groups is 1. The third kappa shape index (κ3) is 5.67. The number of ether oxygens (including phenoxy) is 1. The highest BCUT2D eigenvalue weighted by Gasteiger charge is 2.16. The van der Waals surface area contributed by atoms with E-state index >= 15 is 0 Å². The predicted octanol–water partition coefficient (Wildman–Crippen LogP) is 6.31. The van der Waals surface area contributed by atoms with Crippen molar-refractivity contribution in [3.63, 3.8) is 0 Å². The number of halogens is 3. The van der Waals surface area contributed by atoms with Gasteiger partial charge in [0.2, 0.25) is 0 Å². The predicted molar refractivity (Wildman–Crippen MR) is 116 cm³/mol. The lowest BCUT2D eigenvalue weighted by molar-refractivity contribution is 0.357. The monoisotopic (exact) mass is 418 g/mol. The Morgan fingerprint density at radius 2 is 1.97 bits per heavy atom. The molecule has 0 fully saturated rings. The Morgan fingerprint density at radius 3 is 2.62 bits per heavy atom. The van der Waals surface area contributed by atoms with E-state index in [9.17, 15) is 8.78 Å². The first kappa shape index (κ1) is 22.6. The normalized spacial score (nSPS) is 12.8. The van der Waals surface area contributed by atoms with Gasteiger partial charge in [0.05, 0.1) is 23.5 Å². The molecule has 0 aromatic heterocycles. The van der Waals surface area contributed by atoms with Crippen LogP contribution in [0.1, 0.15) is 37.5 Å². The summed E-state index contributed by atoms with van der Waals surface area (Å²) >= 11 is 6.36. The topological polar surface area (TPSA) is 33.6 Å². The maximum absolute atomic E-state index is 13.7. The minimum absolute atomic E-state index is 0.0223. The number of nitrogens with zero attached hydrogens (tertiary/aromatic N) is 1. The molecule has 2 aromatic rings. The van der Waals surface area contributed by atoms with Gasteiger partial charge in [-0.25, -0.2) is 8.78 Å². The number of fused-ring (bicyclic) bond motifs is 1. The average Bonchev–Trinajstić information content (AvgIpc) is 3.16. The van der Waals surface area contributed by atoms with Crippen LogP contribution in [0, 0.1) is 11.6 Å². The lowest BCUT2D eigenvalue weighted by Crippen LogP contribution is -2.15. The summed E-state index contributed by atoms with van der Waals surface area (Å²) in [5.41, 5.74) is 2.95. The Hall–Kier alpha value is -2.66. The zero-order valence-corrected chi connectivity index (χ0v) is 17.6. The molecule has 1 aliphatic rings. The second-order valence-corrected chi connectivity index (χ2v) is 6.46. The number of rotatable bonds is 6. The Morgan fingerprint density at radius 1 is 1.28 bits per heavy atom. The van der Waals surface area contributed by atoms with Crippen LogP contribution in [0.3, 0.4) is 0 Å². The van der Waals surface area contributed by atoms with Crippen molar-refractivity contribution in [2.75, 3.05) is 6.61 Å². The van der Waals surface area contributed by atoms with Crippen LogP contribution < -0.4 is 10.1 Å². The van der Waals surface area contributed by atoms with Gasteiger partial charge >= 0.3 is 0 Å². The summed E-state index contributed by atoms with van der Waals surface area (Å²) in [6.45, 7) is 10.3. The van der Waals surface area contributed by atoms with E-state index in [0.717, 1.165) is 23.3 Å². The molecule has 154 valence electrons. The molecule has 0 atom stereocenters. The van der Waals surface area contributed by atoms with E-state index in [4.69, 9.17) is 16.3 Å². The molecule has 1 aliphatic heterocycles. The number of hydrogen-bond donors (Lipinski definition) is 1. The molecule has 29 heavy (non-hydrogen) atoms. The molecular weight excluding hydrogens is 394 g/mol. The smallest absolute Gasteiger partial charge is 0.131 e. The maximum atomic E-state index is 13.7. The Bertz CT molecular complexity index is 918. The molecule has 2 aromatic carbocycles. The van der Waals surface area contributed by atoms with Gasteiger partial charge in [-0.15, -0.1) is 0 Å². The summed E-state index contributed by atoms with van der Waals surface area (Å²) in [4.78, 5) is 4.42. The van der Waals surface area contributed by atoms with Gasteiger partial charge in [0.15, 0.2) is 0 Å². The van der Waals surface area contributed by atoms with E-state index in [1.807, 2.05) is 32.9 Å². The Balaban J connectivity index is 0.00000145. The van der Waals surface area contributed by atoms with Crippen LogP contribution in [0.2, 0.25) is 5.02 Å². The molecule has 0 radical (unpaired) electrons. The van der Waals surface area contributed by atoms with Crippen LogP contribution in [0.5, 0.6) is 5.75 Å². The number of benzene rings is 2. The third-order valence-corrected chi connectivity index (χ3v) is 4.55. The molecule has 0 saturated carbocycles. The van der Waals surface area contributed by atoms with Crippen molar-refractivity contribution in [2.45, 2.75) is 33.7 Å². The molecule has 3 nitrogen and oxygen atoms in total. The number of allylic oxidation sites excluding steroid dienone is 2. The SMILES string of the molecule is C=C(C=N/C(=C\C)c1cc2c(cc1Cl)OCC2)NCc1c(F)cccc1F.CC. The minimum Gasteiger partial charge on any atom is -0.493 e. The van der Waals surface area contributed by atoms with Crippen molar-refractivity contribution < 1.29 is 13.5 Å². The van der Waals surface area contributed by atoms with E-state index in [1.54, 1.807) is 6.07 Å². The molecule has 0 unspecified atom stereocenters. The van der Waals surface area contributed by atoms with Gasteiger partial charge in [-0.3, -0.25) is 4.99 Å². The largest absolute Gasteiger partial charge is 0.493 e. The first-order valence-electron chi connectivity index (χ1n) is 9.51. The van der Waals surface area contributed by atoms with Crippen molar-refractivity contribution in [3.8, 4) is 5.75 Å². The molecule has 0 bridgehead atoms. The zero-order chi connectivity index (χ0) is 21.4. The quantitative estimate of drug-likeness (QED) is 0.557. The van der Waals surface area contributed by atoms with Crippen molar-refractivity contribution in [1.29, 1.82) is 0 Å².